The van der Waals surface area contributed by atoms with Gasteiger partial charge in [-0.15, -0.1) is 0 Å². The van der Waals surface area contributed by atoms with E-state index in [2.05, 4.69) is 23.1 Å². The first-order valence-corrected chi connectivity index (χ1v) is 7.85. The number of carbonyl (C=O) groups is 1. The van der Waals surface area contributed by atoms with Crippen LogP contribution in [0.2, 0.25) is 0 Å². The Kier molecular flexibility index (Phi) is 4.06. The van der Waals surface area contributed by atoms with E-state index in [1.165, 1.54) is 49.0 Å². The van der Waals surface area contributed by atoms with Crippen molar-refractivity contribution in [2.24, 2.45) is 11.7 Å². The van der Waals surface area contributed by atoms with Gasteiger partial charge >= 0.3 is 0 Å². The summed E-state index contributed by atoms with van der Waals surface area (Å²) in [5.74, 6) is -0.108. The number of likely N-dealkylation sites (tertiary alicyclic amines) is 1. The number of amides is 1. The second-order valence-corrected chi connectivity index (χ2v) is 6.28. The lowest BCUT2D eigenvalue weighted by molar-refractivity contribution is -0.122. The number of nitrogens with zero attached hydrogens (tertiary/aromatic N) is 1. The van der Waals surface area contributed by atoms with Gasteiger partial charge in [-0.3, -0.25) is 9.69 Å². The molecule has 1 atom stereocenters. The molecule has 0 aromatic heterocycles. The molecule has 0 radical (unpaired) electrons. The van der Waals surface area contributed by atoms with E-state index in [4.69, 9.17) is 5.73 Å². The maximum Gasteiger partial charge on any atom is 0.220 e. The maximum atomic E-state index is 11.3. The molecule has 1 aliphatic heterocycles. The molecular weight excluding hydrogens is 248 g/mol. The molecule has 1 amide bonds. The average molecular weight is 272 g/mol. The zero-order valence-electron chi connectivity index (χ0n) is 12.1. The SMILES string of the molecule is NC(=O)[C@H]1CCc2cc(CN3CCCCC3)ccc2C1. The Morgan fingerprint density at radius 1 is 1.20 bits per heavy atom. The second kappa shape index (κ2) is 5.96. The number of piperidine rings is 1. The highest BCUT2D eigenvalue weighted by Crippen LogP contribution is 2.27. The normalized spacial score (nSPS) is 23.3. The molecule has 0 bridgehead atoms. The third-order valence-electron chi connectivity index (χ3n) is 4.76. The lowest BCUT2D eigenvalue weighted by Gasteiger charge is -2.27. The summed E-state index contributed by atoms with van der Waals surface area (Å²) in [6.07, 6.45) is 6.80. The van der Waals surface area contributed by atoms with Gasteiger partial charge in [0.25, 0.3) is 0 Å². The molecule has 1 aromatic carbocycles. The molecular formula is C17H24N2O. The fraction of sp³-hybridized carbons (Fsp3) is 0.588. The van der Waals surface area contributed by atoms with Crippen molar-refractivity contribution in [3.05, 3.63) is 34.9 Å². The van der Waals surface area contributed by atoms with E-state index in [0.29, 0.717) is 0 Å². The molecule has 1 saturated heterocycles. The van der Waals surface area contributed by atoms with Gasteiger partial charge in [-0.2, -0.15) is 0 Å². The van der Waals surface area contributed by atoms with Crippen LogP contribution in [0.15, 0.2) is 18.2 Å². The summed E-state index contributed by atoms with van der Waals surface area (Å²) in [6.45, 7) is 3.55. The number of hydrogen-bond donors (Lipinski definition) is 1. The molecule has 2 aliphatic rings. The second-order valence-electron chi connectivity index (χ2n) is 6.28. The van der Waals surface area contributed by atoms with E-state index < -0.39 is 0 Å². The third-order valence-corrected chi connectivity index (χ3v) is 4.76. The maximum absolute atomic E-state index is 11.3. The summed E-state index contributed by atoms with van der Waals surface area (Å²) in [4.78, 5) is 13.9. The van der Waals surface area contributed by atoms with Crippen molar-refractivity contribution in [1.82, 2.24) is 4.90 Å². The van der Waals surface area contributed by atoms with E-state index in [0.717, 1.165) is 25.8 Å². The fourth-order valence-electron chi connectivity index (χ4n) is 3.53. The summed E-state index contributed by atoms with van der Waals surface area (Å²) in [7, 11) is 0. The topological polar surface area (TPSA) is 46.3 Å². The van der Waals surface area contributed by atoms with Crippen LogP contribution in [-0.4, -0.2) is 23.9 Å². The lowest BCUT2D eigenvalue weighted by Crippen LogP contribution is -2.30. The van der Waals surface area contributed by atoms with Crippen molar-refractivity contribution in [1.29, 1.82) is 0 Å². The Bertz CT molecular complexity index is 492. The zero-order valence-corrected chi connectivity index (χ0v) is 12.1. The van der Waals surface area contributed by atoms with E-state index in [-0.39, 0.29) is 11.8 Å². The van der Waals surface area contributed by atoms with E-state index >= 15 is 0 Å². The van der Waals surface area contributed by atoms with Crippen molar-refractivity contribution in [3.8, 4) is 0 Å². The van der Waals surface area contributed by atoms with Crippen molar-refractivity contribution < 1.29 is 4.79 Å². The van der Waals surface area contributed by atoms with Gasteiger partial charge in [0.2, 0.25) is 5.91 Å². The zero-order chi connectivity index (χ0) is 13.9. The van der Waals surface area contributed by atoms with Crippen LogP contribution in [0.25, 0.3) is 0 Å². The van der Waals surface area contributed by atoms with Gasteiger partial charge in [0.05, 0.1) is 0 Å². The Morgan fingerprint density at radius 2 is 2.00 bits per heavy atom. The lowest BCUT2D eigenvalue weighted by atomic mass is 9.83. The van der Waals surface area contributed by atoms with Crippen LogP contribution in [0, 0.1) is 5.92 Å². The summed E-state index contributed by atoms with van der Waals surface area (Å²) in [5, 5.41) is 0. The molecule has 0 unspecified atom stereocenters. The molecule has 1 aliphatic carbocycles. The minimum absolute atomic E-state index is 0.0374. The van der Waals surface area contributed by atoms with Crippen LogP contribution in [-0.2, 0) is 24.2 Å². The quantitative estimate of drug-likeness (QED) is 0.917. The summed E-state index contributed by atoms with van der Waals surface area (Å²) >= 11 is 0. The first-order valence-electron chi connectivity index (χ1n) is 7.85. The van der Waals surface area contributed by atoms with Crippen LogP contribution < -0.4 is 5.73 Å². The number of aryl methyl sites for hydroxylation is 1. The summed E-state index contributed by atoms with van der Waals surface area (Å²) in [5.41, 5.74) is 9.60. The number of fused-ring (bicyclic) bond motifs is 1. The number of carbonyl (C=O) groups excluding carboxylic acids is 1. The molecule has 1 fully saturated rings. The molecule has 1 heterocycles. The number of rotatable bonds is 3. The first kappa shape index (κ1) is 13.6. The van der Waals surface area contributed by atoms with Gasteiger partial charge in [-0.05, 0) is 61.9 Å². The highest BCUT2D eigenvalue weighted by atomic mass is 16.1. The van der Waals surface area contributed by atoms with Gasteiger partial charge in [-0.25, -0.2) is 0 Å². The average Bonchev–Trinajstić information content (AvgIpc) is 2.47. The summed E-state index contributed by atoms with van der Waals surface area (Å²) in [6, 6.07) is 6.79. The number of primary amides is 1. The van der Waals surface area contributed by atoms with Crippen LogP contribution in [0.4, 0.5) is 0 Å². The van der Waals surface area contributed by atoms with Gasteiger partial charge in [0, 0.05) is 12.5 Å². The minimum Gasteiger partial charge on any atom is -0.369 e. The molecule has 3 heteroatoms. The smallest absolute Gasteiger partial charge is 0.220 e. The van der Waals surface area contributed by atoms with E-state index in [1.807, 2.05) is 0 Å². The number of nitrogens with two attached hydrogens (primary N) is 1. The van der Waals surface area contributed by atoms with Crippen LogP contribution in [0.3, 0.4) is 0 Å². The molecule has 2 N–H and O–H groups in total. The largest absolute Gasteiger partial charge is 0.369 e. The standard InChI is InChI=1S/C17H24N2O/c18-17(20)16-7-6-14-10-13(4-5-15(14)11-16)12-19-8-2-1-3-9-19/h4-5,10,16H,1-3,6-9,11-12H2,(H2,18,20)/t16-/m0/s1. The van der Waals surface area contributed by atoms with Crippen molar-refractivity contribution in [2.75, 3.05) is 13.1 Å². The monoisotopic (exact) mass is 272 g/mol. The van der Waals surface area contributed by atoms with Gasteiger partial charge in [-0.1, -0.05) is 24.6 Å². The highest BCUT2D eigenvalue weighted by molar-refractivity contribution is 5.77. The Labute approximate surface area is 121 Å². The van der Waals surface area contributed by atoms with Crippen LogP contribution in [0.1, 0.15) is 42.4 Å². The van der Waals surface area contributed by atoms with E-state index in [9.17, 15) is 4.79 Å². The van der Waals surface area contributed by atoms with Crippen LogP contribution >= 0.6 is 0 Å². The van der Waals surface area contributed by atoms with Gasteiger partial charge < -0.3 is 5.73 Å². The van der Waals surface area contributed by atoms with Crippen molar-refractivity contribution in [2.45, 2.75) is 45.1 Å². The molecule has 0 saturated carbocycles. The number of benzene rings is 1. The van der Waals surface area contributed by atoms with Gasteiger partial charge in [0.15, 0.2) is 0 Å². The molecule has 108 valence electrons. The highest BCUT2D eigenvalue weighted by Gasteiger charge is 2.23. The van der Waals surface area contributed by atoms with Gasteiger partial charge in [0.1, 0.15) is 0 Å². The fourth-order valence-corrected chi connectivity index (χ4v) is 3.53. The van der Waals surface area contributed by atoms with Crippen LogP contribution in [0.5, 0.6) is 0 Å². The Morgan fingerprint density at radius 3 is 2.75 bits per heavy atom. The van der Waals surface area contributed by atoms with Crippen molar-refractivity contribution >= 4 is 5.91 Å². The molecule has 3 rings (SSSR count). The third kappa shape index (κ3) is 3.04. The molecule has 20 heavy (non-hydrogen) atoms. The Hall–Kier alpha value is -1.35. The van der Waals surface area contributed by atoms with Crippen molar-refractivity contribution in [3.63, 3.8) is 0 Å². The summed E-state index contributed by atoms with van der Waals surface area (Å²) < 4.78 is 0. The molecule has 3 nitrogen and oxygen atoms in total. The number of hydrogen-bond acceptors (Lipinski definition) is 2. The predicted molar refractivity (Wildman–Crippen MR) is 80.3 cm³/mol. The molecule has 1 aromatic rings. The van der Waals surface area contributed by atoms with E-state index in [1.54, 1.807) is 0 Å². The molecule has 0 spiro atoms. The predicted octanol–water partition coefficient (Wildman–Crippen LogP) is 2.26. The first-order chi connectivity index (χ1) is 9.72. The Balaban J connectivity index is 1.68. The minimum atomic E-state index is -0.145.